The Kier molecular flexibility index (Phi) is 5.98. The Morgan fingerprint density at radius 2 is 1.74 bits per heavy atom. The first-order valence-electron chi connectivity index (χ1n) is 6.99. The van der Waals surface area contributed by atoms with Crippen LogP contribution in [0.2, 0.25) is 0 Å². The molecule has 0 aliphatic heterocycles. The molecule has 2 aromatic rings. The number of benzene rings is 2. The highest BCUT2D eigenvalue weighted by Crippen LogP contribution is 2.26. The van der Waals surface area contributed by atoms with Crippen molar-refractivity contribution in [3.05, 3.63) is 53.6 Å². The zero-order valence-corrected chi connectivity index (χ0v) is 13.6. The van der Waals surface area contributed by atoms with E-state index in [4.69, 9.17) is 4.74 Å². The number of thioether (sulfide) groups is 1. The number of carbonyl (C=O) groups is 1. The molecule has 0 bridgehead atoms. The molecule has 23 heavy (non-hydrogen) atoms. The normalized spacial score (nSPS) is 10.7. The van der Waals surface area contributed by atoms with E-state index in [2.05, 4.69) is 5.32 Å². The monoisotopic (exact) mass is 337 g/mol. The van der Waals surface area contributed by atoms with E-state index in [9.17, 15) is 13.6 Å². The van der Waals surface area contributed by atoms with Crippen LogP contribution in [0, 0.1) is 13.8 Å². The van der Waals surface area contributed by atoms with Crippen molar-refractivity contribution in [2.24, 2.45) is 0 Å². The minimum absolute atomic E-state index is 0.112. The molecule has 0 fully saturated rings. The van der Waals surface area contributed by atoms with Crippen LogP contribution in [-0.4, -0.2) is 18.3 Å². The van der Waals surface area contributed by atoms with Crippen molar-refractivity contribution in [1.29, 1.82) is 0 Å². The lowest BCUT2D eigenvalue weighted by molar-refractivity contribution is -0.118. The molecular formula is C17H17F2NO2S. The van der Waals surface area contributed by atoms with Crippen LogP contribution in [0.5, 0.6) is 5.75 Å². The van der Waals surface area contributed by atoms with Crippen LogP contribution in [0.25, 0.3) is 0 Å². The Hall–Kier alpha value is -2.08. The van der Waals surface area contributed by atoms with Gasteiger partial charge in [0.05, 0.1) is 0 Å². The SMILES string of the molecule is Cc1cccc(C)c1OCC(=O)Nc1ccc(SC(F)F)cc1. The van der Waals surface area contributed by atoms with Gasteiger partial charge in [-0.25, -0.2) is 0 Å². The van der Waals surface area contributed by atoms with Gasteiger partial charge in [0.2, 0.25) is 0 Å². The first-order chi connectivity index (χ1) is 11.0. The van der Waals surface area contributed by atoms with E-state index in [0.717, 1.165) is 11.1 Å². The van der Waals surface area contributed by atoms with Crippen molar-refractivity contribution in [2.45, 2.75) is 24.5 Å². The van der Waals surface area contributed by atoms with Crippen LogP contribution >= 0.6 is 11.8 Å². The number of halogens is 2. The third-order valence-electron chi connectivity index (χ3n) is 3.12. The molecule has 2 rings (SSSR count). The van der Waals surface area contributed by atoms with Gasteiger partial charge in [0, 0.05) is 10.6 Å². The second-order valence-corrected chi connectivity index (χ2v) is 6.02. The first-order valence-corrected chi connectivity index (χ1v) is 7.87. The molecule has 0 saturated carbocycles. The molecule has 1 amide bonds. The summed E-state index contributed by atoms with van der Waals surface area (Å²) in [5.41, 5.74) is 2.47. The molecule has 0 unspecified atom stereocenters. The maximum absolute atomic E-state index is 12.2. The maximum atomic E-state index is 12.2. The summed E-state index contributed by atoms with van der Waals surface area (Å²) < 4.78 is 30.0. The molecule has 0 saturated heterocycles. The molecule has 122 valence electrons. The van der Waals surface area contributed by atoms with Crippen LogP contribution in [-0.2, 0) is 4.79 Å². The Balaban J connectivity index is 1.90. The lowest BCUT2D eigenvalue weighted by Gasteiger charge is -2.12. The number of hydrogen-bond donors (Lipinski definition) is 1. The molecule has 0 spiro atoms. The van der Waals surface area contributed by atoms with E-state index in [1.807, 2.05) is 32.0 Å². The molecule has 6 heteroatoms. The molecule has 0 aliphatic carbocycles. The van der Waals surface area contributed by atoms with Gasteiger partial charge in [0.15, 0.2) is 6.61 Å². The lowest BCUT2D eigenvalue weighted by atomic mass is 10.1. The van der Waals surface area contributed by atoms with E-state index in [-0.39, 0.29) is 12.5 Å². The fraction of sp³-hybridized carbons (Fsp3) is 0.235. The Bertz CT molecular complexity index is 655. The summed E-state index contributed by atoms with van der Waals surface area (Å²) in [6, 6.07) is 12.0. The van der Waals surface area contributed by atoms with E-state index in [1.54, 1.807) is 24.3 Å². The molecule has 1 N–H and O–H groups in total. The largest absolute Gasteiger partial charge is 0.483 e. The smallest absolute Gasteiger partial charge is 0.288 e. The Labute approximate surface area is 138 Å². The molecule has 0 radical (unpaired) electrons. The number of amides is 1. The van der Waals surface area contributed by atoms with E-state index < -0.39 is 5.76 Å². The number of rotatable bonds is 6. The van der Waals surface area contributed by atoms with Crippen LogP contribution in [0.4, 0.5) is 14.5 Å². The Morgan fingerprint density at radius 3 is 2.30 bits per heavy atom. The van der Waals surface area contributed by atoms with Crippen molar-refractivity contribution in [1.82, 2.24) is 0 Å². The zero-order valence-electron chi connectivity index (χ0n) is 12.8. The van der Waals surface area contributed by atoms with Gasteiger partial charge in [-0.2, -0.15) is 8.78 Å². The average Bonchev–Trinajstić information content (AvgIpc) is 2.48. The average molecular weight is 337 g/mol. The molecule has 0 aromatic heterocycles. The fourth-order valence-corrected chi connectivity index (χ4v) is 2.58. The first kappa shape index (κ1) is 17.3. The van der Waals surface area contributed by atoms with Crippen LogP contribution < -0.4 is 10.1 Å². The van der Waals surface area contributed by atoms with Gasteiger partial charge >= 0.3 is 0 Å². The van der Waals surface area contributed by atoms with Crippen LogP contribution in [0.3, 0.4) is 0 Å². The zero-order chi connectivity index (χ0) is 16.8. The molecule has 0 aliphatic rings. The van der Waals surface area contributed by atoms with Gasteiger partial charge in [-0.3, -0.25) is 4.79 Å². The molecule has 0 atom stereocenters. The van der Waals surface area contributed by atoms with E-state index in [1.165, 1.54) is 0 Å². The molecule has 2 aromatic carbocycles. The summed E-state index contributed by atoms with van der Waals surface area (Å²) >= 11 is 0.466. The van der Waals surface area contributed by atoms with Gasteiger partial charge in [-0.1, -0.05) is 30.0 Å². The van der Waals surface area contributed by atoms with Crippen molar-refractivity contribution in [3.63, 3.8) is 0 Å². The number of carbonyl (C=O) groups excluding carboxylic acids is 1. The predicted molar refractivity (Wildman–Crippen MR) is 88.3 cm³/mol. The minimum Gasteiger partial charge on any atom is -0.483 e. The summed E-state index contributed by atoms with van der Waals surface area (Å²) in [5, 5.41) is 2.67. The number of alkyl halides is 2. The number of ether oxygens (including phenoxy) is 1. The quantitative estimate of drug-likeness (QED) is 0.781. The summed E-state index contributed by atoms with van der Waals surface area (Å²) in [6.45, 7) is 3.72. The summed E-state index contributed by atoms with van der Waals surface area (Å²) in [5.74, 6) is -2.06. The number of hydrogen-bond acceptors (Lipinski definition) is 3. The van der Waals surface area contributed by atoms with E-state index >= 15 is 0 Å². The number of para-hydroxylation sites is 1. The van der Waals surface area contributed by atoms with Crippen molar-refractivity contribution < 1.29 is 18.3 Å². The fourth-order valence-electron chi connectivity index (χ4n) is 2.08. The van der Waals surface area contributed by atoms with Crippen molar-refractivity contribution in [2.75, 3.05) is 11.9 Å². The minimum atomic E-state index is -2.46. The van der Waals surface area contributed by atoms with Crippen molar-refractivity contribution in [3.8, 4) is 5.75 Å². The standard InChI is InChI=1S/C17H17F2NO2S/c1-11-4-3-5-12(2)16(11)22-10-15(21)20-13-6-8-14(9-7-13)23-17(18)19/h3-9,17H,10H2,1-2H3,(H,20,21). The maximum Gasteiger partial charge on any atom is 0.288 e. The highest BCUT2D eigenvalue weighted by molar-refractivity contribution is 7.99. The van der Waals surface area contributed by atoms with Gasteiger partial charge < -0.3 is 10.1 Å². The van der Waals surface area contributed by atoms with Gasteiger partial charge in [-0.05, 0) is 49.2 Å². The molecule has 3 nitrogen and oxygen atoms in total. The van der Waals surface area contributed by atoms with Gasteiger partial charge in [-0.15, -0.1) is 0 Å². The Morgan fingerprint density at radius 1 is 1.13 bits per heavy atom. The van der Waals surface area contributed by atoms with Crippen LogP contribution in [0.1, 0.15) is 11.1 Å². The summed E-state index contributed by atoms with van der Waals surface area (Å²) in [6.07, 6.45) is 0. The second-order valence-electron chi connectivity index (χ2n) is 4.96. The van der Waals surface area contributed by atoms with Gasteiger partial charge in [0.1, 0.15) is 5.75 Å². The molecular weight excluding hydrogens is 320 g/mol. The summed E-state index contributed by atoms with van der Waals surface area (Å²) in [4.78, 5) is 12.4. The third-order valence-corrected chi connectivity index (χ3v) is 3.84. The number of nitrogens with one attached hydrogen (secondary N) is 1. The van der Waals surface area contributed by atoms with Crippen LogP contribution in [0.15, 0.2) is 47.4 Å². The second kappa shape index (κ2) is 7.97. The van der Waals surface area contributed by atoms with E-state index in [0.29, 0.717) is 28.1 Å². The lowest BCUT2D eigenvalue weighted by Crippen LogP contribution is -2.20. The summed E-state index contributed by atoms with van der Waals surface area (Å²) in [7, 11) is 0. The third kappa shape index (κ3) is 5.25. The van der Waals surface area contributed by atoms with Crippen molar-refractivity contribution >= 4 is 23.4 Å². The topological polar surface area (TPSA) is 38.3 Å². The predicted octanol–water partition coefficient (Wildman–Crippen LogP) is 4.64. The highest BCUT2D eigenvalue weighted by atomic mass is 32.2. The number of aryl methyl sites for hydroxylation is 2. The molecule has 0 heterocycles. The highest BCUT2D eigenvalue weighted by Gasteiger charge is 2.09. The number of anilines is 1. The van der Waals surface area contributed by atoms with Gasteiger partial charge in [0.25, 0.3) is 11.7 Å².